The normalized spacial score (nSPS) is 15.1. The molecule has 1 aliphatic heterocycles. The predicted molar refractivity (Wildman–Crippen MR) is 96.5 cm³/mol. The largest absolute Gasteiger partial charge is 0.487 e. The van der Waals surface area contributed by atoms with Gasteiger partial charge in [-0.05, 0) is 23.8 Å². The van der Waals surface area contributed by atoms with Gasteiger partial charge in [0.05, 0.1) is 6.54 Å². The molecule has 0 spiro atoms. The number of nitrogens with one attached hydrogen (secondary N) is 1. The second-order valence-electron chi connectivity index (χ2n) is 6.35. The van der Waals surface area contributed by atoms with Crippen LogP contribution in [0.25, 0.3) is 11.1 Å². The molecule has 4 rings (SSSR count). The number of pyridine rings is 1. The lowest BCUT2D eigenvalue weighted by atomic mass is 10.0. The van der Waals surface area contributed by atoms with Crippen molar-refractivity contribution in [2.45, 2.75) is 12.5 Å². The quantitative estimate of drug-likeness (QED) is 0.765. The van der Waals surface area contributed by atoms with Gasteiger partial charge in [-0.2, -0.15) is 0 Å². The van der Waals surface area contributed by atoms with E-state index in [4.69, 9.17) is 4.74 Å². The van der Waals surface area contributed by atoms with E-state index in [0.717, 1.165) is 40.6 Å². The van der Waals surface area contributed by atoms with Crippen LogP contribution in [0.3, 0.4) is 0 Å². The van der Waals surface area contributed by atoms with Crippen molar-refractivity contribution in [3.05, 3.63) is 83.7 Å². The highest BCUT2D eigenvalue weighted by Crippen LogP contribution is 2.38. The Labute approximate surface area is 154 Å². The number of hydrogen-bond donors (Lipinski definition) is 1. The lowest BCUT2D eigenvalue weighted by Gasteiger charge is -2.13. The van der Waals surface area contributed by atoms with Gasteiger partial charge >= 0.3 is 0 Å². The van der Waals surface area contributed by atoms with Crippen LogP contribution in [0.5, 0.6) is 5.75 Å². The minimum absolute atomic E-state index is 0.0564. The molecule has 0 saturated carbocycles. The molecule has 1 aliphatic rings. The standard InChI is InChI=1S/C21H16F2N2O2/c22-16-7-15(8-17(23)10-16)21(26)25-12-18-9-13-3-1-5-19(20(13)27-18)14-4-2-6-24-11-14/h1-8,10-11,18H,9,12H2,(H,25,26)/t18-/m1/s1. The van der Waals surface area contributed by atoms with E-state index in [1.165, 1.54) is 0 Å². The van der Waals surface area contributed by atoms with Gasteiger partial charge in [-0.15, -0.1) is 0 Å². The first-order chi connectivity index (χ1) is 13.1. The molecule has 0 aliphatic carbocycles. The molecular formula is C21H16F2N2O2. The topological polar surface area (TPSA) is 51.2 Å². The van der Waals surface area contributed by atoms with Gasteiger partial charge in [0, 0.05) is 41.6 Å². The van der Waals surface area contributed by atoms with Crippen LogP contribution in [0, 0.1) is 11.6 Å². The van der Waals surface area contributed by atoms with E-state index < -0.39 is 17.5 Å². The summed E-state index contributed by atoms with van der Waals surface area (Å²) in [5.74, 6) is -1.33. The number of hydrogen-bond acceptors (Lipinski definition) is 3. The van der Waals surface area contributed by atoms with Gasteiger partial charge in [-0.1, -0.05) is 24.3 Å². The molecule has 0 unspecified atom stereocenters. The summed E-state index contributed by atoms with van der Waals surface area (Å²) in [6, 6.07) is 12.5. The molecule has 1 atom stereocenters. The molecule has 136 valence electrons. The van der Waals surface area contributed by atoms with Gasteiger partial charge in [-0.25, -0.2) is 8.78 Å². The Morgan fingerprint density at radius 3 is 2.70 bits per heavy atom. The minimum Gasteiger partial charge on any atom is -0.487 e. The van der Waals surface area contributed by atoms with E-state index in [1.807, 2.05) is 30.3 Å². The smallest absolute Gasteiger partial charge is 0.251 e. The van der Waals surface area contributed by atoms with Gasteiger partial charge in [0.2, 0.25) is 0 Å². The summed E-state index contributed by atoms with van der Waals surface area (Å²) in [5.41, 5.74) is 2.89. The van der Waals surface area contributed by atoms with Crippen molar-refractivity contribution >= 4 is 5.91 Å². The molecule has 2 heterocycles. The number of carbonyl (C=O) groups is 1. The summed E-state index contributed by atoms with van der Waals surface area (Å²) >= 11 is 0. The second kappa shape index (κ2) is 7.15. The number of benzene rings is 2. The second-order valence-corrected chi connectivity index (χ2v) is 6.35. The van der Waals surface area contributed by atoms with Crippen LogP contribution in [-0.2, 0) is 6.42 Å². The van der Waals surface area contributed by atoms with Gasteiger partial charge < -0.3 is 10.1 Å². The first-order valence-corrected chi connectivity index (χ1v) is 8.53. The molecule has 0 radical (unpaired) electrons. The fourth-order valence-corrected chi connectivity index (χ4v) is 3.20. The molecule has 0 fully saturated rings. The van der Waals surface area contributed by atoms with E-state index in [-0.39, 0.29) is 18.2 Å². The molecule has 1 amide bonds. The van der Waals surface area contributed by atoms with Crippen LogP contribution in [0.1, 0.15) is 15.9 Å². The molecule has 27 heavy (non-hydrogen) atoms. The highest BCUT2D eigenvalue weighted by Gasteiger charge is 2.26. The number of nitrogens with zero attached hydrogens (tertiary/aromatic N) is 1. The molecule has 0 bridgehead atoms. The zero-order valence-corrected chi connectivity index (χ0v) is 14.3. The van der Waals surface area contributed by atoms with E-state index in [2.05, 4.69) is 10.3 Å². The van der Waals surface area contributed by atoms with E-state index in [0.29, 0.717) is 6.42 Å². The predicted octanol–water partition coefficient (Wildman–Crippen LogP) is 3.76. The number of rotatable bonds is 4. The Hall–Kier alpha value is -3.28. The first-order valence-electron chi connectivity index (χ1n) is 8.53. The lowest BCUT2D eigenvalue weighted by molar-refractivity contribution is 0.0932. The number of ether oxygens (including phenoxy) is 1. The van der Waals surface area contributed by atoms with Crippen molar-refractivity contribution in [1.82, 2.24) is 10.3 Å². The van der Waals surface area contributed by atoms with Crippen LogP contribution in [0.15, 0.2) is 60.9 Å². The monoisotopic (exact) mass is 366 g/mol. The Morgan fingerprint density at radius 2 is 1.96 bits per heavy atom. The molecule has 2 aromatic carbocycles. The van der Waals surface area contributed by atoms with Gasteiger partial charge in [-0.3, -0.25) is 9.78 Å². The maximum Gasteiger partial charge on any atom is 0.251 e. The van der Waals surface area contributed by atoms with Crippen molar-refractivity contribution in [2.24, 2.45) is 0 Å². The van der Waals surface area contributed by atoms with Crippen molar-refractivity contribution in [1.29, 1.82) is 0 Å². The summed E-state index contributed by atoms with van der Waals surface area (Å²) < 4.78 is 32.6. The number of halogens is 2. The number of aromatic nitrogens is 1. The molecule has 1 aromatic heterocycles. The van der Waals surface area contributed by atoms with Crippen molar-refractivity contribution in [3.63, 3.8) is 0 Å². The van der Waals surface area contributed by atoms with Crippen LogP contribution in [0.2, 0.25) is 0 Å². The van der Waals surface area contributed by atoms with Crippen LogP contribution in [0.4, 0.5) is 8.78 Å². The first kappa shape index (κ1) is 17.1. The van der Waals surface area contributed by atoms with Crippen molar-refractivity contribution in [2.75, 3.05) is 6.54 Å². The highest BCUT2D eigenvalue weighted by atomic mass is 19.1. The third kappa shape index (κ3) is 3.65. The summed E-state index contributed by atoms with van der Waals surface area (Å²) in [6.07, 6.45) is 3.87. The average molecular weight is 366 g/mol. The Morgan fingerprint density at radius 1 is 1.15 bits per heavy atom. The van der Waals surface area contributed by atoms with Gasteiger partial charge in [0.1, 0.15) is 23.5 Å². The Bertz CT molecular complexity index is 972. The molecule has 1 N–H and O–H groups in total. The molecule has 3 aromatic rings. The Balaban J connectivity index is 1.45. The zero-order valence-electron chi connectivity index (χ0n) is 14.3. The SMILES string of the molecule is O=C(NC[C@H]1Cc2cccc(-c3cccnc3)c2O1)c1cc(F)cc(F)c1. The van der Waals surface area contributed by atoms with Crippen LogP contribution < -0.4 is 10.1 Å². The number of amides is 1. The highest BCUT2D eigenvalue weighted by molar-refractivity contribution is 5.94. The van der Waals surface area contributed by atoms with E-state index in [1.54, 1.807) is 12.4 Å². The van der Waals surface area contributed by atoms with Crippen LogP contribution in [-0.4, -0.2) is 23.5 Å². The maximum atomic E-state index is 13.3. The lowest BCUT2D eigenvalue weighted by Crippen LogP contribution is -2.34. The Kier molecular flexibility index (Phi) is 4.54. The van der Waals surface area contributed by atoms with E-state index in [9.17, 15) is 13.6 Å². The summed E-state index contributed by atoms with van der Waals surface area (Å²) in [6.45, 7) is 0.234. The fourth-order valence-electron chi connectivity index (χ4n) is 3.20. The zero-order chi connectivity index (χ0) is 18.8. The third-order valence-electron chi connectivity index (χ3n) is 4.42. The fraction of sp³-hybridized carbons (Fsp3) is 0.143. The number of carbonyl (C=O) groups excluding carboxylic acids is 1. The van der Waals surface area contributed by atoms with Crippen molar-refractivity contribution < 1.29 is 18.3 Å². The van der Waals surface area contributed by atoms with Crippen molar-refractivity contribution in [3.8, 4) is 16.9 Å². The summed E-state index contributed by atoms with van der Waals surface area (Å²) in [7, 11) is 0. The summed E-state index contributed by atoms with van der Waals surface area (Å²) in [4.78, 5) is 16.3. The third-order valence-corrected chi connectivity index (χ3v) is 4.42. The van der Waals surface area contributed by atoms with Crippen LogP contribution >= 0.6 is 0 Å². The maximum absolute atomic E-state index is 13.3. The average Bonchev–Trinajstić information content (AvgIpc) is 3.09. The van der Waals surface area contributed by atoms with Gasteiger partial charge in [0.25, 0.3) is 5.91 Å². The summed E-state index contributed by atoms with van der Waals surface area (Å²) in [5, 5.41) is 2.68. The van der Waals surface area contributed by atoms with Gasteiger partial charge in [0.15, 0.2) is 0 Å². The number of fused-ring (bicyclic) bond motifs is 1. The number of para-hydroxylation sites is 1. The molecule has 6 heteroatoms. The molecule has 4 nitrogen and oxygen atoms in total. The van der Waals surface area contributed by atoms with E-state index >= 15 is 0 Å². The molecular weight excluding hydrogens is 350 g/mol. The minimum atomic E-state index is -0.786. The molecule has 0 saturated heterocycles.